The summed E-state index contributed by atoms with van der Waals surface area (Å²) in [6.45, 7) is 0. The van der Waals surface area contributed by atoms with Gasteiger partial charge in [0.15, 0.2) is 5.82 Å². The minimum absolute atomic E-state index is 0. The Balaban J connectivity index is 0.000000360. The van der Waals surface area contributed by atoms with Gasteiger partial charge in [0.05, 0.1) is 6.20 Å². The minimum atomic E-state index is 0. The van der Waals surface area contributed by atoms with Crippen molar-refractivity contribution < 1.29 is 0 Å². The summed E-state index contributed by atoms with van der Waals surface area (Å²) in [4.78, 5) is 0. The van der Waals surface area contributed by atoms with Crippen LogP contribution in [0, 0.1) is 0 Å². The number of nitrogens with zero attached hydrogens (tertiary/aromatic N) is 2. The topological polar surface area (TPSA) is 67.6 Å². The molecule has 1 radical (unpaired) electrons. The smallest absolute Gasteiger partial charge is 0.165 e. The van der Waals surface area contributed by atoms with Crippen LogP contribution in [-0.4, -0.2) is 66.8 Å². The molecule has 0 aliphatic heterocycles. The van der Waals surface area contributed by atoms with Gasteiger partial charge in [-0.2, -0.15) is 0 Å². The molecule has 7 heavy (non-hydrogen) atoms. The number of rotatable bonds is 0. The molecule has 33 valence electrons. The second kappa shape index (κ2) is 3.56. The maximum absolute atomic E-state index is 5.07. The van der Waals surface area contributed by atoms with Crippen molar-refractivity contribution in [1.29, 1.82) is 0 Å². The van der Waals surface area contributed by atoms with Gasteiger partial charge >= 0.3 is 0 Å². The molecular formula is C2H4KN4. The van der Waals surface area contributed by atoms with Crippen molar-refractivity contribution in [2.45, 2.75) is 0 Å². The third-order valence-corrected chi connectivity index (χ3v) is 0.436. The van der Waals surface area contributed by atoms with E-state index in [-0.39, 0.29) is 51.4 Å². The number of nitrogen functional groups attached to an aromatic ring is 1. The fraction of sp³-hybridized carbons (Fsp3) is 0. The number of nitrogens with two attached hydrogens (primary N) is 1. The molecule has 0 fully saturated rings. The molecule has 0 unspecified atom stereocenters. The number of aromatic amines is 1. The molecule has 1 aromatic heterocycles. The summed E-state index contributed by atoms with van der Waals surface area (Å²) in [5, 5.41) is 9.15. The van der Waals surface area contributed by atoms with Gasteiger partial charge in [0.1, 0.15) is 0 Å². The molecule has 5 heteroatoms. The van der Waals surface area contributed by atoms with Crippen molar-refractivity contribution in [1.82, 2.24) is 15.4 Å². The largest absolute Gasteiger partial charge is 0.381 e. The SMILES string of the molecule is Nc1c[nH]nn1.[K]. The first-order valence-corrected chi connectivity index (χ1v) is 1.51. The van der Waals surface area contributed by atoms with Crippen LogP contribution in [0.5, 0.6) is 0 Å². The van der Waals surface area contributed by atoms with Gasteiger partial charge in [-0.05, 0) is 0 Å². The van der Waals surface area contributed by atoms with Crippen LogP contribution in [0.3, 0.4) is 0 Å². The van der Waals surface area contributed by atoms with Crippen LogP contribution in [-0.2, 0) is 0 Å². The van der Waals surface area contributed by atoms with Crippen LogP contribution in [0.15, 0.2) is 6.20 Å². The Morgan fingerprint density at radius 2 is 2.43 bits per heavy atom. The van der Waals surface area contributed by atoms with Crippen LogP contribution < -0.4 is 5.73 Å². The summed E-state index contributed by atoms with van der Waals surface area (Å²) >= 11 is 0. The van der Waals surface area contributed by atoms with E-state index in [0.717, 1.165) is 0 Å². The van der Waals surface area contributed by atoms with Gasteiger partial charge in [-0.1, -0.05) is 5.21 Å². The van der Waals surface area contributed by atoms with E-state index in [1.54, 1.807) is 0 Å². The molecule has 0 saturated heterocycles. The first-order valence-electron chi connectivity index (χ1n) is 1.51. The standard InChI is InChI=1S/C2H4N4.K/c3-2-1-4-6-5-2;/h1H,(H3,3,4,5,6);. The first kappa shape index (κ1) is 7.58. The van der Waals surface area contributed by atoms with E-state index < -0.39 is 0 Å². The van der Waals surface area contributed by atoms with Crippen molar-refractivity contribution in [3.05, 3.63) is 6.20 Å². The normalized spacial score (nSPS) is 7.43. The van der Waals surface area contributed by atoms with E-state index in [1.807, 2.05) is 0 Å². The molecule has 0 saturated carbocycles. The number of H-pyrrole nitrogens is 1. The van der Waals surface area contributed by atoms with Gasteiger partial charge in [-0.15, -0.1) is 5.10 Å². The number of hydrogen-bond acceptors (Lipinski definition) is 3. The molecular weight excluding hydrogens is 119 g/mol. The van der Waals surface area contributed by atoms with Crippen LogP contribution in [0.2, 0.25) is 0 Å². The zero-order valence-corrected chi connectivity index (χ0v) is 7.17. The molecule has 1 heterocycles. The minimum Gasteiger partial charge on any atom is -0.381 e. The monoisotopic (exact) mass is 123 g/mol. The molecule has 1 rings (SSSR count). The Morgan fingerprint density at radius 1 is 1.71 bits per heavy atom. The Bertz CT molecular complexity index is 113. The van der Waals surface area contributed by atoms with Gasteiger partial charge in [0.2, 0.25) is 0 Å². The Morgan fingerprint density at radius 3 is 2.57 bits per heavy atom. The van der Waals surface area contributed by atoms with Crippen molar-refractivity contribution in [2.75, 3.05) is 5.73 Å². The third kappa shape index (κ3) is 2.40. The summed E-state index contributed by atoms with van der Waals surface area (Å²) < 4.78 is 0. The third-order valence-electron chi connectivity index (χ3n) is 0.436. The number of anilines is 1. The Hall–Kier alpha value is 0.576. The molecule has 0 aliphatic carbocycles. The van der Waals surface area contributed by atoms with Crippen molar-refractivity contribution in [3.8, 4) is 0 Å². The fourth-order valence-electron chi connectivity index (χ4n) is 0.210. The van der Waals surface area contributed by atoms with Crippen molar-refractivity contribution in [3.63, 3.8) is 0 Å². The summed E-state index contributed by atoms with van der Waals surface area (Å²) in [6.07, 6.45) is 1.51. The van der Waals surface area contributed by atoms with E-state index in [2.05, 4.69) is 15.4 Å². The molecule has 0 spiro atoms. The van der Waals surface area contributed by atoms with Crippen molar-refractivity contribution >= 4 is 57.2 Å². The summed E-state index contributed by atoms with van der Waals surface area (Å²) in [5.41, 5.74) is 5.07. The molecule has 1 aromatic rings. The summed E-state index contributed by atoms with van der Waals surface area (Å²) in [5.74, 6) is 0.426. The summed E-state index contributed by atoms with van der Waals surface area (Å²) in [6, 6.07) is 0. The van der Waals surface area contributed by atoms with Crippen molar-refractivity contribution in [2.24, 2.45) is 0 Å². The van der Waals surface area contributed by atoms with E-state index in [4.69, 9.17) is 5.73 Å². The Labute approximate surface area is 83.3 Å². The van der Waals surface area contributed by atoms with Crippen LogP contribution in [0.25, 0.3) is 0 Å². The first-order chi connectivity index (χ1) is 2.89. The second-order valence-electron chi connectivity index (χ2n) is 0.898. The van der Waals surface area contributed by atoms with E-state index >= 15 is 0 Å². The van der Waals surface area contributed by atoms with E-state index in [9.17, 15) is 0 Å². The van der Waals surface area contributed by atoms with E-state index in [1.165, 1.54) is 6.20 Å². The second-order valence-corrected chi connectivity index (χ2v) is 0.898. The number of aromatic nitrogens is 3. The molecule has 3 N–H and O–H groups in total. The zero-order chi connectivity index (χ0) is 4.41. The molecule has 0 amide bonds. The average Bonchev–Trinajstić information content (AvgIpc) is 1.86. The maximum atomic E-state index is 5.07. The molecule has 0 aromatic carbocycles. The molecule has 4 nitrogen and oxygen atoms in total. The van der Waals surface area contributed by atoms with Gasteiger partial charge in [0.25, 0.3) is 0 Å². The van der Waals surface area contributed by atoms with Gasteiger partial charge < -0.3 is 5.73 Å². The average molecular weight is 123 g/mol. The fourth-order valence-corrected chi connectivity index (χ4v) is 0.210. The zero-order valence-electron chi connectivity index (χ0n) is 4.05. The van der Waals surface area contributed by atoms with Crippen LogP contribution >= 0.6 is 0 Å². The van der Waals surface area contributed by atoms with E-state index in [0.29, 0.717) is 5.82 Å². The van der Waals surface area contributed by atoms with Gasteiger partial charge in [-0.3, -0.25) is 5.10 Å². The predicted octanol–water partition coefficient (Wildman–Crippen LogP) is -0.994. The predicted molar refractivity (Wildman–Crippen MR) is 26.5 cm³/mol. The number of hydrogen-bond donors (Lipinski definition) is 2. The molecule has 0 aliphatic rings. The van der Waals surface area contributed by atoms with Gasteiger partial charge in [0, 0.05) is 51.4 Å². The molecule has 0 bridgehead atoms. The van der Waals surface area contributed by atoms with Crippen LogP contribution in [0.4, 0.5) is 5.82 Å². The molecule has 0 atom stereocenters. The maximum Gasteiger partial charge on any atom is 0.165 e. The number of nitrogens with one attached hydrogen (secondary N) is 1. The Kier molecular flexibility index (Phi) is 3.86. The summed E-state index contributed by atoms with van der Waals surface area (Å²) in [7, 11) is 0. The quantitative estimate of drug-likeness (QED) is 0.435. The van der Waals surface area contributed by atoms with Gasteiger partial charge in [-0.25, -0.2) is 0 Å². The van der Waals surface area contributed by atoms with Crippen LogP contribution in [0.1, 0.15) is 0 Å².